The maximum Gasteiger partial charge on any atom is 0.240 e. The van der Waals surface area contributed by atoms with Gasteiger partial charge in [0.15, 0.2) is 0 Å². The molecule has 0 aliphatic rings. The van der Waals surface area contributed by atoms with Gasteiger partial charge >= 0.3 is 0 Å². The normalized spacial score (nSPS) is 12.0. The molecule has 0 aliphatic carbocycles. The number of rotatable bonds is 9. The SMILES string of the molecule is CCCNCCNS(=O)(=O)c1ccc(S(=O)(=O)NC)c(C)c1.Cl. The Morgan fingerprint density at radius 2 is 1.65 bits per heavy atom. The molecule has 0 saturated carbocycles. The van der Waals surface area contributed by atoms with Crippen molar-refractivity contribution in [3.05, 3.63) is 23.8 Å². The van der Waals surface area contributed by atoms with E-state index in [-0.39, 0.29) is 28.7 Å². The molecule has 0 unspecified atom stereocenters. The van der Waals surface area contributed by atoms with E-state index in [0.29, 0.717) is 12.1 Å². The summed E-state index contributed by atoms with van der Waals surface area (Å²) in [5.74, 6) is 0. The van der Waals surface area contributed by atoms with Gasteiger partial charge in [0.05, 0.1) is 9.79 Å². The first-order chi connectivity index (χ1) is 10.2. The molecule has 0 fully saturated rings. The Hall–Kier alpha value is -0.710. The Kier molecular flexibility index (Phi) is 9.26. The smallest absolute Gasteiger partial charge is 0.240 e. The molecule has 0 spiro atoms. The van der Waals surface area contributed by atoms with Gasteiger partial charge in [0.2, 0.25) is 20.0 Å². The maximum atomic E-state index is 12.1. The number of halogens is 1. The fourth-order valence-electron chi connectivity index (χ4n) is 1.86. The topological polar surface area (TPSA) is 104 Å². The molecule has 134 valence electrons. The van der Waals surface area contributed by atoms with Gasteiger partial charge in [-0.25, -0.2) is 26.3 Å². The molecule has 23 heavy (non-hydrogen) atoms. The average Bonchev–Trinajstić information content (AvgIpc) is 2.46. The van der Waals surface area contributed by atoms with Crippen molar-refractivity contribution in [1.82, 2.24) is 14.8 Å². The Morgan fingerprint density at radius 1 is 1.00 bits per heavy atom. The summed E-state index contributed by atoms with van der Waals surface area (Å²) in [5, 5.41) is 3.09. The van der Waals surface area contributed by atoms with Gasteiger partial charge in [-0.15, -0.1) is 12.4 Å². The van der Waals surface area contributed by atoms with Gasteiger partial charge in [0.25, 0.3) is 0 Å². The van der Waals surface area contributed by atoms with Crippen LogP contribution in [0.4, 0.5) is 0 Å². The highest BCUT2D eigenvalue weighted by molar-refractivity contribution is 7.90. The summed E-state index contributed by atoms with van der Waals surface area (Å²) in [6, 6.07) is 3.94. The predicted octanol–water partition coefficient (Wildman–Crippen LogP) is 0.603. The Morgan fingerprint density at radius 3 is 2.17 bits per heavy atom. The van der Waals surface area contributed by atoms with Crippen molar-refractivity contribution >= 4 is 32.5 Å². The van der Waals surface area contributed by atoms with Gasteiger partial charge in [0.1, 0.15) is 0 Å². The van der Waals surface area contributed by atoms with Gasteiger partial charge in [-0.1, -0.05) is 6.92 Å². The summed E-state index contributed by atoms with van der Waals surface area (Å²) in [4.78, 5) is 0.120. The number of benzene rings is 1. The van der Waals surface area contributed by atoms with Gasteiger partial charge in [-0.2, -0.15) is 0 Å². The minimum Gasteiger partial charge on any atom is -0.315 e. The monoisotopic (exact) mass is 385 g/mol. The van der Waals surface area contributed by atoms with Gasteiger partial charge in [-0.3, -0.25) is 0 Å². The van der Waals surface area contributed by atoms with Crippen molar-refractivity contribution in [2.24, 2.45) is 0 Å². The quantitative estimate of drug-likeness (QED) is 0.540. The second-order valence-corrected chi connectivity index (χ2v) is 8.40. The summed E-state index contributed by atoms with van der Waals surface area (Å²) in [5.41, 5.74) is 0.376. The molecule has 0 heterocycles. The molecule has 0 aliphatic heterocycles. The van der Waals surface area contributed by atoms with Crippen LogP contribution in [0.15, 0.2) is 28.0 Å². The van der Waals surface area contributed by atoms with E-state index in [0.717, 1.165) is 13.0 Å². The lowest BCUT2D eigenvalue weighted by Gasteiger charge is -2.10. The first-order valence-electron chi connectivity index (χ1n) is 6.99. The van der Waals surface area contributed by atoms with Crippen LogP contribution in [0, 0.1) is 6.92 Å². The van der Waals surface area contributed by atoms with Crippen molar-refractivity contribution in [3.8, 4) is 0 Å². The molecule has 10 heteroatoms. The van der Waals surface area contributed by atoms with E-state index in [1.54, 1.807) is 6.92 Å². The molecule has 0 atom stereocenters. The fraction of sp³-hybridized carbons (Fsp3) is 0.538. The standard InChI is InChI=1S/C13H23N3O4S2.ClH/c1-4-7-15-8-9-16-21(17,18)12-5-6-13(11(2)10-12)22(19,20)14-3;/h5-6,10,14-16H,4,7-9H2,1-3H3;1H. The zero-order valence-electron chi connectivity index (χ0n) is 13.4. The molecule has 1 aromatic rings. The van der Waals surface area contributed by atoms with E-state index in [9.17, 15) is 16.8 Å². The lowest BCUT2D eigenvalue weighted by Crippen LogP contribution is -2.32. The van der Waals surface area contributed by atoms with Crippen LogP contribution in [-0.2, 0) is 20.0 Å². The average molecular weight is 386 g/mol. The summed E-state index contributed by atoms with van der Waals surface area (Å²) in [6.45, 7) is 5.24. The highest BCUT2D eigenvalue weighted by Gasteiger charge is 2.19. The molecule has 0 bridgehead atoms. The van der Waals surface area contributed by atoms with E-state index in [2.05, 4.69) is 14.8 Å². The van der Waals surface area contributed by atoms with Crippen LogP contribution in [-0.4, -0.2) is 43.5 Å². The summed E-state index contributed by atoms with van der Waals surface area (Å²) in [7, 11) is -5.93. The number of nitrogens with one attached hydrogen (secondary N) is 3. The van der Waals surface area contributed by atoms with Crippen LogP contribution < -0.4 is 14.8 Å². The third-order valence-corrected chi connectivity index (χ3v) is 6.07. The van der Waals surface area contributed by atoms with Crippen molar-refractivity contribution in [1.29, 1.82) is 0 Å². The van der Waals surface area contributed by atoms with Crippen molar-refractivity contribution < 1.29 is 16.8 Å². The van der Waals surface area contributed by atoms with Crippen LogP contribution in [0.1, 0.15) is 18.9 Å². The molecule has 7 nitrogen and oxygen atoms in total. The molecule has 3 N–H and O–H groups in total. The second kappa shape index (κ2) is 9.55. The van der Waals surface area contributed by atoms with Crippen LogP contribution in [0.2, 0.25) is 0 Å². The number of aryl methyl sites for hydroxylation is 1. The molecule has 0 radical (unpaired) electrons. The fourth-order valence-corrected chi connectivity index (χ4v) is 3.93. The van der Waals surface area contributed by atoms with E-state index in [4.69, 9.17) is 0 Å². The van der Waals surface area contributed by atoms with Gasteiger partial charge < -0.3 is 5.32 Å². The van der Waals surface area contributed by atoms with E-state index in [1.807, 2.05) is 6.92 Å². The summed E-state index contributed by atoms with van der Waals surface area (Å²) in [6.07, 6.45) is 0.980. The number of hydrogen-bond acceptors (Lipinski definition) is 5. The molecule has 1 rings (SSSR count). The lowest BCUT2D eigenvalue weighted by molar-refractivity contribution is 0.574. The third kappa shape index (κ3) is 6.36. The zero-order chi connectivity index (χ0) is 16.8. The van der Waals surface area contributed by atoms with Crippen LogP contribution in [0.3, 0.4) is 0 Å². The van der Waals surface area contributed by atoms with E-state index in [1.165, 1.54) is 25.2 Å². The number of hydrogen-bond donors (Lipinski definition) is 3. The Labute approximate surface area is 144 Å². The Bertz CT molecular complexity index is 706. The lowest BCUT2D eigenvalue weighted by atomic mass is 10.2. The minimum absolute atomic E-state index is 0. The van der Waals surface area contributed by atoms with Crippen molar-refractivity contribution in [3.63, 3.8) is 0 Å². The van der Waals surface area contributed by atoms with E-state index < -0.39 is 20.0 Å². The van der Waals surface area contributed by atoms with Gasteiger partial charge in [-0.05, 0) is 50.7 Å². The third-order valence-electron chi connectivity index (χ3n) is 3.04. The number of sulfonamides is 2. The van der Waals surface area contributed by atoms with Gasteiger partial charge in [0, 0.05) is 13.1 Å². The van der Waals surface area contributed by atoms with Crippen LogP contribution in [0.5, 0.6) is 0 Å². The molecular formula is C13H24ClN3O4S2. The molecule has 1 aromatic carbocycles. The molecule has 0 saturated heterocycles. The predicted molar refractivity (Wildman–Crippen MR) is 93.0 cm³/mol. The second-order valence-electron chi connectivity index (χ2n) is 4.78. The highest BCUT2D eigenvalue weighted by Crippen LogP contribution is 2.19. The van der Waals surface area contributed by atoms with Crippen molar-refractivity contribution in [2.45, 2.75) is 30.1 Å². The minimum atomic E-state index is -3.64. The first-order valence-corrected chi connectivity index (χ1v) is 9.96. The largest absolute Gasteiger partial charge is 0.315 e. The van der Waals surface area contributed by atoms with Crippen LogP contribution in [0.25, 0.3) is 0 Å². The zero-order valence-corrected chi connectivity index (χ0v) is 15.9. The summed E-state index contributed by atoms with van der Waals surface area (Å²) >= 11 is 0. The Balaban J connectivity index is 0.00000484. The molecule has 0 aromatic heterocycles. The molecule has 0 amide bonds. The maximum absolute atomic E-state index is 12.1. The molecular weight excluding hydrogens is 362 g/mol. The highest BCUT2D eigenvalue weighted by atomic mass is 35.5. The van der Waals surface area contributed by atoms with Crippen LogP contribution >= 0.6 is 12.4 Å². The van der Waals surface area contributed by atoms with E-state index >= 15 is 0 Å². The summed E-state index contributed by atoms with van der Waals surface area (Å²) < 4.78 is 52.5. The first kappa shape index (κ1) is 22.3. The van der Waals surface area contributed by atoms with Crippen molar-refractivity contribution in [2.75, 3.05) is 26.7 Å².